The van der Waals surface area contributed by atoms with Crippen LogP contribution in [0, 0.1) is 27.6 Å². The van der Waals surface area contributed by atoms with Gasteiger partial charge in [0.2, 0.25) is 6.10 Å². The molecular weight excluding hydrogens is 347 g/mol. The van der Waals surface area contributed by atoms with Crippen molar-refractivity contribution in [3.63, 3.8) is 0 Å². The van der Waals surface area contributed by atoms with E-state index in [0.717, 1.165) is 5.39 Å². The van der Waals surface area contributed by atoms with Crippen molar-refractivity contribution in [2.75, 3.05) is 0 Å². The van der Waals surface area contributed by atoms with Gasteiger partial charge in [-0.05, 0) is 11.5 Å². The molecule has 7 heteroatoms. The zero-order valence-electron chi connectivity index (χ0n) is 13.1. The Balaban J connectivity index is 1.94. The van der Waals surface area contributed by atoms with Crippen molar-refractivity contribution < 1.29 is 22.8 Å². The number of hydrogen-bond donors (Lipinski definition) is 0. The molecule has 3 aromatic carbocycles. The van der Waals surface area contributed by atoms with Crippen LogP contribution in [0.15, 0.2) is 54.2 Å². The lowest BCUT2D eigenvalue weighted by molar-refractivity contribution is -0.434. The molecule has 0 N–H and O–H groups in total. The Morgan fingerprint density at radius 1 is 0.962 bits per heavy atom. The van der Waals surface area contributed by atoms with Gasteiger partial charge >= 0.3 is 0 Å². The molecule has 0 aromatic heterocycles. The summed E-state index contributed by atoms with van der Waals surface area (Å²) in [4.78, 5) is 10.7. The highest BCUT2D eigenvalue weighted by atomic mass is 19.2. The van der Waals surface area contributed by atoms with Gasteiger partial charge in [0.15, 0.2) is 11.6 Å². The number of hydrogen-bond acceptors (Lipinski definition) is 3. The van der Waals surface area contributed by atoms with Crippen molar-refractivity contribution in [1.82, 2.24) is 0 Å². The lowest BCUT2D eigenvalue weighted by Gasteiger charge is -2.24. The van der Waals surface area contributed by atoms with E-state index in [0.29, 0.717) is 28.8 Å². The summed E-state index contributed by atoms with van der Waals surface area (Å²) in [5.41, 5.74) is -0.447. The minimum absolute atomic E-state index is 0.322. The Kier molecular flexibility index (Phi) is 3.64. The quantitative estimate of drug-likeness (QED) is 0.368. The predicted molar refractivity (Wildman–Crippen MR) is 88.6 cm³/mol. The van der Waals surface area contributed by atoms with Crippen molar-refractivity contribution in [3.8, 4) is 5.75 Å². The highest BCUT2D eigenvalue weighted by Gasteiger charge is 2.36. The van der Waals surface area contributed by atoms with Crippen LogP contribution >= 0.6 is 0 Å². The third kappa shape index (κ3) is 2.48. The summed E-state index contributed by atoms with van der Waals surface area (Å²) in [7, 11) is 0. The number of fused-ring (bicyclic) bond motifs is 3. The normalized spacial score (nSPS) is 16.0. The molecule has 130 valence electrons. The van der Waals surface area contributed by atoms with Crippen molar-refractivity contribution >= 4 is 16.8 Å². The van der Waals surface area contributed by atoms with Crippen LogP contribution in [0.4, 0.5) is 13.2 Å². The zero-order chi connectivity index (χ0) is 18.4. The molecular formula is C19H10F3NO3. The maximum Gasteiger partial charge on any atom is 0.291 e. The first-order valence-corrected chi connectivity index (χ1v) is 7.64. The highest BCUT2D eigenvalue weighted by Crippen LogP contribution is 2.42. The molecule has 0 saturated heterocycles. The molecule has 4 rings (SSSR count). The fraction of sp³-hybridized carbons (Fsp3) is 0.0526. The first-order chi connectivity index (χ1) is 12.5. The number of halogens is 3. The van der Waals surface area contributed by atoms with Crippen LogP contribution in [0.3, 0.4) is 0 Å². The maximum absolute atomic E-state index is 14.2. The standard InChI is InChI=1S/C19H10F3NO3/c20-14-9-16(22)15(21)8-13(14)19-17(23(24)25)7-11-6-5-10-3-1-2-4-12(10)18(11)26-19/h1-9,19H. The van der Waals surface area contributed by atoms with Crippen LogP contribution in [-0.2, 0) is 0 Å². The number of rotatable bonds is 2. The van der Waals surface area contributed by atoms with Gasteiger partial charge < -0.3 is 4.74 Å². The van der Waals surface area contributed by atoms with Crippen molar-refractivity contribution in [2.45, 2.75) is 6.10 Å². The van der Waals surface area contributed by atoms with Crippen LogP contribution in [0.1, 0.15) is 17.2 Å². The monoisotopic (exact) mass is 357 g/mol. The second-order valence-corrected chi connectivity index (χ2v) is 5.82. The largest absolute Gasteiger partial charge is 0.473 e. The van der Waals surface area contributed by atoms with Gasteiger partial charge in [0.1, 0.15) is 11.6 Å². The van der Waals surface area contributed by atoms with E-state index in [1.807, 2.05) is 12.1 Å². The molecule has 0 radical (unpaired) electrons. The summed E-state index contributed by atoms with van der Waals surface area (Å²) in [6, 6.07) is 11.6. The third-order valence-electron chi connectivity index (χ3n) is 4.25. The maximum atomic E-state index is 14.2. The second kappa shape index (κ2) is 5.87. The van der Waals surface area contributed by atoms with Gasteiger partial charge in [-0.3, -0.25) is 10.1 Å². The van der Waals surface area contributed by atoms with E-state index in [-0.39, 0.29) is 0 Å². The van der Waals surface area contributed by atoms with Crippen LogP contribution < -0.4 is 4.74 Å². The van der Waals surface area contributed by atoms with Gasteiger partial charge in [0.25, 0.3) is 5.70 Å². The molecule has 0 bridgehead atoms. The molecule has 0 spiro atoms. The topological polar surface area (TPSA) is 52.4 Å². The van der Waals surface area contributed by atoms with E-state index < -0.39 is 39.7 Å². The van der Waals surface area contributed by atoms with E-state index in [1.165, 1.54) is 6.08 Å². The van der Waals surface area contributed by atoms with Crippen molar-refractivity contribution in [2.24, 2.45) is 0 Å². The summed E-state index contributed by atoms with van der Waals surface area (Å²) in [5.74, 6) is -3.48. The molecule has 1 unspecified atom stereocenters. The lowest BCUT2D eigenvalue weighted by atomic mass is 9.97. The van der Waals surface area contributed by atoms with Crippen LogP contribution in [-0.4, -0.2) is 4.92 Å². The molecule has 3 aromatic rings. The SMILES string of the molecule is O=[N+]([O-])C1=Cc2ccc3ccccc3c2OC1c1cc(F)c(F)cc1F. The fourth-order valence-corrected chi connectivity index (χ4v) is 3.03. The smallest absolute Gasteiger partial charge is 0.291 e. The summed E-state index contributed by atoms with van der Waals surface area (Å²) in [6.07, 6.45) is -0.241. The Bertz CT molecular complexity index is 1090. The summed E-state index contributed by atoms with van der Waals surface area (Å²) in [6.45, 7) is 0. The fourth-order valence-electron chi connectivity index (χ4n) is 3.03. The minimum Gasteiger partial charge on any atom is -0.473 e. The second-order valence-electron chi connectivity index (χ2n) is 5.82. The van der Waals surface area contributed by atoms with Gasteiger partial charge in [-0.25, -0.2) is 13.2 Å². The van der Waals surface area contributed by atoms with Crippen LogP contribution in [0.25, 0.3) is 16.8 Å². The molecule has 1 aliphatic heterocycles. The van der Waals surface area contributed by atoms with Crippen LogP contribution in [0.2, 0.25) is 0 Å². The van der Waals surface area contributed by atoms with Gasteiger partial charge in [-0.1, -0.05) is 36.4 Å². The average Bonchev–Trinajstić information content (AvgIpc) is 2.63. The molecule has 0 fully saturated rings. The first kappa shape index (κ1) is 16.1. The van der Waals surface area contributed by atoms with E-state index in [1.54, 1.807) is 24.3 Å². The Hall–Kier alpha value is -3.35. The van der Waals surface area contributed by atoms with Gasteiger partial charge in [0.05, 0.1) is 4.92 Å². The molecule has 0 saturated carbocycles. The van der Waals surface area contributed by atoms with Gasteiger partial charge in [-0.15, -0.1) is 0 Å². The van der Waals surface area contributed by atoms with E-state index in [9.17, 15) is 23.3 Å². The number of ether oxygens (including phenoxy) is 1. The van der Waals surface area contributed by atoms with Crippen LogP contribution in [0.5, 0.6) is 5.75 Å². The third-order valence-corrected chi connectivity index (χ3v) is 4.25. The molecule has 1 heterocycles. The van der Waals surface area contributed by atoms with E-state index in [4.69, 9.17) is 4.74 Å². The van der Waals surface area contributed by atoms with Gasteiger partial charge in [0, 0.05) is 28.7 Å². The molecule has 1 aliphatic rings. The molecule has 0 amide bonds. The molecule has 0 aliphatic carbocycles. The summed E-state index contributed by atoms with van der Waals surface area (Å²) >= 11 is 0. The van der Waals surface area contributed by atoms with Gasteiger partial charge in [-0.2, -0.15) is 0 Å². The molecule has 4 nitrogen and oxygen atoms in total. The van der Waals surface area contributed by atoms with Crippen molar-refractivity contribution in [3.05, 3.63) is 92.9 Å². The lowest BCUT2D eigenvalue weighted by Crippen LogP contribution is -2.21. The molecule has 26 heavy (non-hydrogen) atoms. The molecule has 1 atom stereocenters. The Morgan fingerprint density at radius 2 is 1.69 bits per heavy atom. The van der Waals surface area contributed by atoms with E-state index in [2.05, 4.69) is 0 Å². The highest BCUT2D eigenvalue weighted by molar-refractivity contribution is 5.92. The number of benzene rings is 3. The Morgan fingerprint density at radius 3 is 2.46 bits per heavy atom. The number of nitro groups is 1. The average molecular weight is 357 g/mol. The number of nitrogens with zero attached hydrogens (tertiary/aromatic N) is 1. The van der Waals surface area contributed by atoms with Crippen molar-refractivity contribution in [1.29, 1.82) is 0 Å². The summed E-state index contributed by atoms with van der Waals surface area (Å²) in [5, 5.41) is 12.9. The Labute approximate surface area is 145 Å². The minimum atomic E-state index is -1.50. The zero-order valence-corrected chi connectivity index (χ0v) is 13.1. The summed E-state index contributed by atoms with van der Waals surface area (Å²) < 4.78 is 46.8. The first-order valence-electron chi connectivity index (χ1n) is 7.64. The van der Waals surface area contributed by atoms with E-state index >= 15 is 0 Å². The predicted octanol–water partition coefficient (Wildman–Crippen LogP) is 5.01.